The zero-order valence-corrected chi connectivity index (χ0v) is 16.4. The van der Waals surface area contributed by atoms with Crippen LogP contribution >= 0.6 is 0 Å². The molecule has 2 aromatic carbocycles. The molecular weight excluding hydrogens is 390 g/mol. The summed E-state index contributed by atoms with van der Waals surface area (Å²) >= 11 is 0. The molecule has 0 unspecified atom stereocenters. The van der Waals surface area contributed by atoms with E-state index in [2.05, 4.69) is 5.32 Å². The van der Waals surface area contributed by atoms with E-state index in [4.69, 9.17) is 4.74 Å². The molecule has 1 fully saturated rings. The van der Waals surface area contributed by atoms with Gasteiger partial charge in [-0.15, -0.1) is 0 Å². The minimum absolute atomic E-state index is 0.0929. The van der Waals surface area contributed by atoms with E-state index < -0.39 is 10.8 Å². The molecule has 3 rings (SSSR count). The second kappa shape index (κ2) is 9.73. The van der Waals surface area contributed by atoms with E-state index >= 15 is 0 Å². The fraction of sp³-hybridized carbons (Fsp3) is 0.333. The summed E-state index contributed by atoms with van der Waals surface area (Å²) in [5, 5.41) is 23.3. The highest BCUT2D eigenvalue weighted by Crippen LogP contribution is 2.29. The van der Waals surface area contributed by atoms with E-state index in [-0.39, 0.29) is 41.0 Å². The van der Waals surface area contributed by atoms with Crippen molar-refractivity contribution in [1.29, 1.82) is 0 Å². The number of non-ortho nitro benzene ring substituents is 1. The largest absolute Gasteiger partial charge is 0.506 e. The number of nitro benzene ring substituents is 1. The van der Waals surface area contributed by atoms with Gasteiger partial charge in [-0.05, 0) is 31.0 Å². The number of nitrogens with zero attached hydrogens (tertiary/aromatic N) is 2. The van der Waals surface area contributed by atoms with Crippen LogP contribution in [-0.4, -0.2) is 46.4 Å². The average molecular weight is 413 g/mol. The Morgan fingerprint density at radius 3 is 2.50 bits per heavy atom. The molecule has 0 aromatic heterocycles. The lowest BCUT2D eigenvalue weighted by Crippen LogP contribution is -2.35. The van der Waals surface area contributed by atoms with Crippen molar-refractivity contribution in [2.75, 3.05) is 25.0 Å². The standard InChI is InChI=1S/C21H23N3O6/c25-18-10-9-15(24(28)29)13-17(18)22-21(27)16-7-3-4-8-19(16)30-14-20(26)23-11-5-1-2-6-12-23/h3-4,7-10,13,25H,1-2,5-6,11-12,14H2,(H,22,27). The van der Waals surface area contributed by atoms with E-state index in [9.17, 15) is 24.8 Å². The number of ether oxygens (including phenoxy) is 1. The molecule has 1 saturated heterocycles. The number of amides is 2. The van der Waals surface area contributed by atoms with Gasteiger partial charge in [0.15, 0.2) is 6.61 Å². The van der Waals surface area contributed by atoms with Crippen molar-refractivity contribution in [2.24, 2.45) is 0 Å². The van der Waals surface area contributed by atoms with Crippen LogP contribution in [0.3, 0.4) is 0 Å². The number of likely N-dealkylation sites (tertiary alicyclic amines) is 1. The maximum atomic E-state index is 12.7. The van der Waals surface area contributed by atoms with Crippen LogP contribution in [0.2, 0.25) is 0 Å². The van der Waals surface area contributed by atoms with E-state index in [0.29, 0.717) is 13.1 Å². The zero-order valence-electron chi connectivity index (χ0n) is 16.4. The number of phenols is 1. The number of anilines is 1. The van der Waals surface area contributed by atoms with Crippen LogP contribution < -0.4 is 10.1 Å². The number of benzene rings is 2. The summed E-state index contributed by atoms with van der Waals surface area (Å²) in [4.78, 5) is 37.2. The topological polar surface area (TPSA) is 122 Å². The van der Waals surface area contributed by atoms with Crippen molar-refractivity contribution in [2.45, 2.75) is 25.7 Å². The number of phenolic OH excluding ortho intramolecular Hbond substituents is 1. The minimum atomic E-state index is -0.624. The first-order chi connectivity index (χ1) is 14.5. The molecule has 0 atom stereocenters. The lowest BCUT2D eigenvalue weighted by molar-refractivity contribution is -0.384. The molecule has 2 aromatic rings. The molecule has 0 radical (unpaired) electrons. The van der Waals surface area contributed by atoms with Gasteiger partial charge in [0.2, 0.25) is 0 Å². The highest BCUT2D eigenvalue weighted by Gasteiger charge is 2.19. The third-order valence-electron chi connectivity index (χ3n) is 4.88. The van der Waals surface area contributed by atoms with Gasteiger partial charge in [0.1, 0.15) is 11.5 Å². The highest BCUT2D eigenvalue weighted by molar-refractivity contribution is 6.07. The van der Waals surface area contributed by atoms with Crippen LogP contribution in [0.15, 0.2) is 42.5 Å². The number of hydrogen-bond acceptors (Lipinski definition) is 6. The van der Waals surface area contributed by atoms with Crippen molar-refractivity contribution in [1.82, 2.24) is 4.90 Å². The van der Waals surface area contributed by atoms with E-state index in [0.717, 1.165) is 43.9 Å². The van der Waals surface area contributed by atoms with Crippen molar-refractivity contribution < 1.29 is 24.4 Å². The number of hydrogen-bond donors (Lipinski definition) is 2. The fourth-order valence-corrected chi connectivity index (χ4v) is 3.26. The van der Waals surface area contributed by atoms with Gasteiger partial charge >= 0.3 is 0 Å². The summed E-state index contributed by atoms with van der Waals surface area (Å²) in [5.74, 6) is -0.848. The molecule has 0 spiro atoms. The number of nitro groups is 1. The Balaban J connectivity index is 1.70. The Kier molecular flexibility index (Phi) is 6.84. The van der Waals surface area contributed by atoms with Gasteiger partial charge in [0, 0.05) is 25.2 Å². The van der Waals surface area contributed by atoms with Gasteiger partial charge in [-0.25, -0.2) is 0 Å². The van der Waals surface area contributed by atoms with Crippen molar-refractivity contribution >= 4 is 23.2 Å². The van der Waals surface area contributed by atoms with Crippen molar-refractivity contribution in [3.63, 3.8) is 0 Å². The predicted molar refractivity (Wildman–Crippen MR) is 110 cm³/mol. The molecule has 2 amide bonds. The van der Waals surface area contributed by atoms with Crippen LogP contribution in [0.4, 0.5) is 11.4 Å². The smallest absolute Gasteiger partial charge is 0.271 e. The third-order valence-corrected chi connectivity index (χ3v) is 4.88. The maximum Gasteiger partial charge on any atom is 0.271 e. The second-order valence-electron chi connectivity index (χ2n) is 6.99. The Morgan fingerprint density at radius 2 is 1.80 bits per heavy atom. The van der Waals surface area contributed by atoms with Crippen LogP contribution in [0.25, 0.3) is 0 Å². The first-order valence-corrected chi connectivity index (χ1v) is 9.74. The molecule has 2 N–H and O–H groups in total. The molecule has 1 aliphatic rings. The molecular formula is C21H23N3O6. The van der Waals surface area contributed by atoms with Gasteiger partial charge in [-0.3, -0.25) is 19.7 Å². The number of nitrogens with one attached hydrogen (secondary N) is 1. The number of rotatable bonds is 6. The molecule has 9 nitrogen and oxygen atoms in total. The van der Waals surface area contributed by atoms with Crippen molar-refractivity contribution in [3.8, 4) is 11.5 Å². The Bertz CT molecular complexity index is 938. The number of aromatic hydroxyl groups is 1. The number of carbonyl (C=O) groups excluding carboxylic acids is 2. The lowest BCUT2D eigenvalue weighted by atomic mass is 10.1. The molecule has 30 heavy (non-hydrogen) atoms. The molecule has 0 aliphatic carbocycles. The summed E-state index contributed by atoms with van der Waals surface area (Å²) < 4.78 is 5.62. The summed E-state index contributed by atoms with van der Waals surface area (Å²) in [7, 11) is 0. The van der Waals surface area contributed by atoms with E-state index in [1.54, 1.807) is 23.1 Å². The molecule has 0 bridgehead atoms. The Morgan fingerprint density at radius 1 is 1.10 bits per heavy atom. The first-order valence-electron chi connectivity index (χ1n) is 9.74. The lowest BCUT2D eigenvalue weighted by Gasteiger charge is -2.20. The molecule has 9 heteroatoms. The molecule has 1 heterocycles. The summed E-state index contributed by atoms with van der Waals surface area (Å²) in [6, 6.07) is 9.72. The SMILES string of the molecule is O=C(Nc1cc([N+](=O)[O-])ccc1O)c1ccccc1OCC(=O)N1CCCCCC1. The highest BCUT2D eigenvalue weighted by atomic mass is 16.6. The maximum absolute atomic E-state index is 12.7. The monoisotopic (exact) mass is 413 g/mol. The van der Waals surface area contributed by atoms with Crippen molar-refractivity contribution in [3.05, 3.63) is 58.1 Å². The van der Waals surface area contributed by atoms with Crippen LogP contribution in [0.5, 0.6) is 11.5 Å². The van der Waals surface area contributed by atoms with Gasteiger partial charge in [-0.2, -0.15) is 0 Å². The molecule has 1 aliphatic heterocycles. The predicted octanol–water partition coefficient (Wildman–Crippen LogP) is 3.33. The quantitative estimate of drug-likeness (QED) is 0.425. The number of carbonyl (C=O) groups is 2. The summed E-state index contributed by atoms with van der Waals surface area (Å²) in [6.07, 6.45) is 4.16. The Labute approximate surface area is 173 Å². The first kappa shape index (κ1) is 21.1. The van der Waals surface area contributed by atoms with Gasteiger partial charge in [0.05, 0.1) is 16.2 Å². The normalized spacial score (nSPS) is 13.9. The van der Waals surface area contributed by atoms with Crippen LogP contribution in [0, 0.1) is 10.1 Å². The zero-order chi connectivity index (χ0) is 21.5. The van der Waals surface area contributed by atoms with Crippen LogP contribution in [0.1, 0.15) is 36.0 Å². The van der Waals surface area contributed by atoms with Gasteiger partial charge in [0.25, 0.3) is 17.5 Å². The summed E-state index contributed by atoms with van der Waals surface area (Å²) in [6.45, 7) is 1.22. The molecule has 158 valence electrons. The van der Waals surface area contributed by atoms with E-state index in [1.165, 1.54) is 6.07 Å². The number of para-hydroxylation sites is 1. The minimum Gasteiger partial charge on any atom is -0.506 e. The third kappa shape index (κ3) is 5.25. The fourth-order valence-electron chi connectivity index (χ4n) is 3.26. The van der Waals surface area contributed by atoms with Gasteiger partial charge < -0.3 is 20.1 Å². The average Bonchev–Trinajstić information content (AvgIpc) is 3.03. The van der Waals surface area contributed by atoms with Gasteiger partial charge in [-0.1, -0.05) is 25.0 Å². The molecule has 0 saturated carbocycles. The second-order valence-corrected chi connectivity index (χ2v) is 6.99. The van der Waals surface area contributed by atoms with E-state index in [1.807, 2.05) is 0 Å². The van der Waals surface area contributed by atoms with Crippen LogP contribution in [-0.2, 0) is 4.79 Å². The Hall–Kier alpha value is -3.62. The summed E-state index contributed by atoms with van der Waals surface area (Å²) in [5.41, 5.74) is -0.215.